The van der Waals surface area contributed by atoms with Crippen molar-refractivity contribution in [3.8, 4) is 11.6 Å². The predicted octanol–water partition coefficient (Wildman–Crippen LogP) is 4.76. The van der Waals surface area contributed by atoms with E-state index in [1.54, 1.807) is 6.07 Å². The fourth-order valence-electron chi connectivity index (χ4n) is 1.93. The van der Waals surface area contributed by atoms with Crippen LogP contribution in [0.3, 0.4) is 0 Å². The van der Waals surface area contributed by atoms with Crippen molar-refractivity contribution in [2.24, 2.45) is 0 Å². The largest absolute Gasteiger partial charge is 0.439 e. The molecule has 0 amide bonds. The first-order valence-electron chi connectivity index (χ1n) is 7.24. The van der Waals surface area contributed by atoms with E-state index in [-0.39, 0.29) is 0 Å². The minimum atomic E-state index is 0.513. The number of aromatic nitrogens is 1. The van der Waals surface area contributed by atoms with Crippen molar-refractivity contribution < 1.29 is 4.74 Å². The molecule has 1 heterocycles. The maximum absolute atomic E-state index is 6.13. The molecule has 0 saturated carbocycles. The zero-order valence-corrected chi connectivity index (χ0v) is 13.4. The lowest BCUT2D eigenvalue weighted by Crippen LogP contribution is -2.13. The molecule has 3 nitrogen and oxygen atoms in total. The number of hydrogen-bond donors (Lipinski definition) is 1. The zero-order valence-electron chi connectivity index (χ0n) is 12.7. The number of nitrogens with zero attached hydrogens (tertiary/aromatic N) is 1. The van der Waals surface area contributed by atoms with Crippen LogP contribution in [0.2, 0.25) is 5.02 Å². The molecule has 1 aromatic heterocycles. The molecular weight excluding hydrogens is 284 g/mol. The molecule has 2 aromatic rings. The van der Waals surface area contributed by atoms with E-state index in [9.17, 15) is 0 Å². The Bertz CT molecular complexity index is 582. The van der Waals surface area contributed by atoms with Gasteiger partial charge in [0, 0.05) is 12.6 Å². The van der Waals surface area contributed by atoms with Gasteiger partial charge in [0.1, 0.15) is 5.75 Å². The third-order valence-electron chi connectivity index (χ3n) is 3.20. The lowest BCUT2D eigenvalue weighted by molar-refractivity contribution is 0.459. The summed E-state index contributed by atoms with van der Waals surface area (Å²) in [6, 6.07) is 11.7. The number of benzene rings is 1. The van der Waals surface area contributed by atoms with Gasteiger partial charge in [-0.1, -0.05) is 44.5 Å². The number of ether oxygens (including phenoxy) is 1. The SMILES string of the molecule is CCNCc1nc(Oc2ccc(C(C)C)cc2)ccc1Cl. The average Bonchev–Trinajstić information content (AvgIpc) is 2.48. The molecule has 0 aliphatic rings. The van der Waals surface area contributed by atoms with Crippen molar-refractivity contribution in [3.63, 3.8) is 0 Å². The Morgan fingerprint density at radius 3 is 2.48 bits per heavy atom. The molecule has 4 heteroatoms. The van der Waals surface area contributed by atoms with Gasteiger partial charge < -0.3 is 10.1 Å². The molecule has 0 atom stereocenters. The van der Waals surface area contributed by atoms with Crippen LogP contribution in [0.1, 0.15) is 37.9 Å². The number of pyridine rings is 1. The standard InChI is InChI=1S/C17H21ClN2O/c1-4-19-11-16-15(18)9-10-17(20-16)21-14-7-5-13(6-8-14)12(2)3/h5-10,12,19H,4,11H2,1-3H3. The second-order valence-electron chi connectivity index (χ2n) is 5.18. The average molecular weight is 305 g/mol. The minimum Gasteiger partial charge on any atom is -0.439 e. The summed E-state index contributed by atoms with van der Waals surface area (Å²) in [6.07, 6.45) is 0. The monoisotopic (exact) mass is 304 g/mol. The van der Waals surface area contributed by atoms with E-state index in [4.69, 9.17) is 16.3 Å². The highest BCUT2D eigenvalue weighted by molar-refractivity contribution is 6.31. The highest BCUT2D eigenvalue weighted by atomic mass is 35.5. The molecule has 112 valence electrons. The van der Waals surface area contributed by atoms with E-state index < -0.39 is 0 Å². The number of rotatable bonds is 6. The highest BCUT2D eigenvalue weighted by Crippen LogP contribution is 2.25. The molecule has 1 aromatic carbocycles. The van der Waals surface area contributed by atoms with Crippen LogP contribution < -0.4 is 10.1 Å². The van der Waals surface area contributed by atoms with Gasteiger partial charge >= 0.3 is 0 Å². The van der Waals surface area contributed by atoms with Crippen LogP contribution in [-0.4, -0.2) is 11.5 Å². The lowest BCUT2D eigenvalue weighted by atomic mass is 10.0. The Morgan fingerprint density at radius 2 is 1.86 bits per heavy atom. The van der Waals surface area contributed by atoms with Crippen molar-refractivity contribution in [3.05, 3.63) is 52.7 Å². The summed E-state index contributed by atoms with van der Waals surface area (Å²) < 4.78 is 5.79. The fourth-order valence-corrected chi connectivity index (χ4v) is 2.10. The summed E-state index contributed by atoms with van der Waals surface area (Å²) >= 11 is 6.13. The second-order valence-corrected chi connectivity index (χ2v) is 5.59. The first-order chi connectivity index (χ1) is 10.1. The van der Waals surface area contributed by atoms with E-state index in [1.807, 2.05) is 25.1 Å². The summed E-state index contributed by atoms with van der Waals surface area (Å²) in [5.74, 6) is 1.85. The van der Waals surface area contributed by atoms with Gasteiger partial charge in [-0.2, -0.15) is 0 Å². The smallest absolute Gasteiger partial charge is 0.219 e. The molecule has 1 N–H and O–H groups in total. The van der Waals surface area contributed by atoms with Gasteiger partial charge in [0.25, 0.3) is 0 Å². The van der Waals surface area contributed by atoms with Crippen molar-refractivity contribution >= 4 is 11.6 Å². The van der Waals surface area contributed by atoms with Crippen molar-refractivity contribution in [2.75, 3.05) is 6.54 Å². The fraction of sp³-hybridized carbons (Fsp3) is 0.353. The van der Waals surface area contributed by atoms with Crippen molar-refractivity contribution in [1.29, 1.82) is 0 Å². The molecule has 0 aliphatic carbocycles. The van der Waals surface area contributed by atoms with Crippen LogP contribution in [0.15, 0.2) is 36.4 Å². The molecule has 0 unspecified atom stereocenters. The van der Waals surface area contributed by atoms with Crippen LogP contribution in [0.4, 0.5) is 0 Å². The van der Waals surface area contributed by atoms with Crippen LogP contribution in [0.5, 0.6) is 11.6 Å². The summed E-state index contributed by atoms with van der Waals surface area (Å²) in [5, 5.41) is 3.87. The first kappa shape index (κ1) is 15.8. The topological polar surface area (TPSA) is 34.2 Å². The third kappa shape index (κ3) is 4.45. The van der Waals surface area contributed by atoms with E-state index in [2.05, 4.69) is 36.3 Å². The summed E-state index contributed by atoms with van der Waals surface area (Å²) in [4.78, 5) is 4.45. The van der Waals surface area contributed by atoms with E-state index in [0.29, 0.717) is 23.4 Å². The molecule has 0 spiro atoms. The van der Waals surface area contributed by atoms with E-state index in [0.717, 1.165) is 18.0 Å². The first-order valence-corrected chi connectivity index (χ1v) is 7.62. The molecule has 2 rings (SSSR count). The van der Waals surface area contributed by atoms with Crippen LogP contribution in [0.25, 0.3) is 0 Å². The molecule has 0 saturated heterocycles. The van der Waals surface area contributed by atoms with Crippen molar-refractivity contribution in [2.45, 2.75) is 33.2 Å². The molecule has 21 heavy (non-hydrogen) atoms. The van der Waals surface area contributed by atoms with Gasteiger partial charge in [0.05, 0.1) is 10.7 Å². The summed E-state index contributed by atoms with van der Waals surface area (Å²) in [5.41, 5.74) is 2.09. The molecule has 0 fully saturated rings. The van der Waals surface area contributed by atoms with Gasteiger partial charge in [0.15, 0.2) is 0 Å². The maximum atomic E-state index is 6.13. The van der Waals surface area contributed by atoms with Gasteiger partial charge in [-0.15, -0.1) is 0 Å². The lowest BCUT2D eigenvalue weighted by Gasteiger charge is -2.10. The van der Waals surface area contributed by atoms with Crippen molar-refractivity contribution in [1.82, 2.24) is 10.3 Å². The van der Waals surface area contributed by atoms with Gasteiger partial charge in [-0.25, -0.2) is 4.98 Å². The molecule has 0 aliphatic heterocycles. The van der Waals surface area contributed by atoms with Gasteiger partial charge in [0.2, 0.25) is 5.88 Å². The quantitative estimate of drug-likeness (QED) is 0.835. The van der Waals surface area contributed by atoms with E-state index >= 15 is 0 Å². The number of nitrogens with one attached hydrogen (secondary N) is 1. The number of hydrogen-bond acceptors (Lipinski definition) is 3. The highest BCUT2D eigenvalue weighted by Gasteiger charge is 2.06. The molecule has 0 radical (unpaired) electrons. The normalized spacial score (nSPS) is 10.9. The summed E-state index contributed by atoms with van der Waals surface area (Å²) in [7, 11) is 0. The summed E-state index contributed by atoms with van der Waals surface area (Å²) in [6.45, 7) is 7.90. The third-order valence-corrected chi connectivity index (χ3v) is 3.55. The van der Waals surface area contributed by atoms with Crippen LogP contribution >= 0.6 is 11.6 Å². The Morgan fingerprint density at radius 1 is 1.14 bits per heavy atom. The van der Waals surface area contributed by atoms with Gasteiger partial charge in [-0.05, 0) is 36.2 Å². The Hall–Kier alpha value is -1.58. The Kier molecular flexibility index (Phi) is 5.59. The number of halogens is 1. The Balaban J connectivity index is 2.11. The zero-order chi connectivity index (χ0) is 15.2. The van der Waals surface area contributed by atoms with Crippen LogP contribution in [-0.2, 0) is 6.54 Å². The molecular formula is C17H21ClN2O. The minimum absolute atomic E-state index is 0.513. The van der Waals surface area contributed by atoms with Gasteiger partial charge in [-0.3, -0.25) is 0 Å². The predicted molar refractivity (Wildman–Crippen MR) is 87.2 cm³/mol. The molecule has 0 bridgehead atoms. The Labute approximate surface area is 131 Å². The second kappa shape index (κ2) is 7.43. The maximum Gasteiger partial charge on any atom is 0.219 e. The van der Waals surface area contributed by atoms with Crippen LogP contribution in [0, 0.1) is 0 Å². The van der Waals surface area contributed by atoms with E-state index in [1.165, 1.54) is 5.56 Å².